The van der Waals surface area contributed by atoms with Gasteiger partial charge >= 0.3 is 0 Å². The first-order valence-corrected chi connectivity index (χ1v) is 38.3. The predicted octanol–water partition coefficient (Wildman–Crippen LogP) is 26.7. The number of aromatic amines is 4. The second-order valence-corrected chi connectivity index (χ2v) is 34.0. The molecule has 0 amide bonds. The molecule has 0 unspecified atom stereocenters. The van der Waals surface area contributed by atoms with Gasteiger partial charge < -0.3 is 19.9 Å². The Morgan fingerprint density at radius 1 is 0.236 bits per heavy atom. The normalized spacial score (nSPS) is 12.8. The first kappa shape index (κ1) is 70.3. The zero-order valence-corrected chi connectivity index (χ0v) is 65.2. The Hall–Kier alpha value is -12.7. The number of nitrogens with one attached hydrogen (secondary N) is 4. The van der Waals surface area contributed by atoms with Gasteiger partial charge in [-0.25, -0.2) is 19.9 Å². The maximum Gasteiger partial charge on any atom is 0.0737 e. The van der Waals surface area contributed by atoms with Gasteiger partial charge in [0.25, 0.3) is 0 Å². The van der Waals surface area contributed by atoms with Crippen LogP contribution in [0.1, 0.15) is 168 Å². The molecular formula is C102H90N8. The molecule has 0 atom stereocenters. The SMILES string of the molecule is C#Cc1ccc(-c2c3nc(c(-c4cc(C(C)(C)C)cc(C(C)(C)C)c4)c4ccc([nH]4)c(-c4ccc(-c5c6nc(c(-c7ccc(C)cc7)c7ccc([nH]7)c(-c7ccccc7)c7nc(c(-c8ccc(C)cc8)c8ccc5[nH]8)C=C7)C=C6)cc4)c4nc(c(-c5cc(C(C)(C)C)cc(C(C)(C)C)c5)c5ccc2[nH]5)C=C4)C=C3)cc1. The highest BCUT2D eigenvalue weighted by Gasteiger charge is 2.28. The summed E-state index contributed by atoms with van der Waals surface area (Å²) in [6, 6.07) is 77.4. The molecule has 16 bridgehead atoms. The van der Waals surface area contributed by atoms with Gasteiger partial charge in [0.2, 0.25) is 0 Å². The second kappa shape index (κ2) is 26.9. The van der Waals surface area contributed by atoms with E-state index in [1.165, 1.54) is 33.4 Å². The van der Waals surface area contributed by atoms with Crippen LogP contribution in [0.2, 0.25) is 0 Å². The fraction of sp³-hybridized carbons (Fsp3) is 0.176. The zero-order valence-electron chi connectivity index (χ0n) is 65.2. The zero-order chi connectivity index (χ0) is 76.3. The van der Waals surface area contributed by atoms with E-state index in [0.29, 0.717) is 0 Å². The molecule has 0 spiro atoms. The Bertz CT molecular complexity index is 6280. The van der Waals surface area contributed by atoms with E-state index in [1.807, 2.05) is 12.1 Å². The summed E-state index contributed by atoms with van der Waals surface area (Å²) < 4.78 is 0. The van der Waals surface area contributed by atoms with Crippen molar-refractivity contribution in [2.75, 3.05) is 0 Å². The van der Waals surface area contributed by atoms with Crippen molar-refractivity contribution in [2.45, 2.75) is 119 Å². The van der Waals surface area contributed by atoms with Gasteiger partial charge in [-0.3, -0.25) is 0 Å². The van der Waals surface area contributed by atoms with E-state index in [4.69, 9.17) is 26.4 Å². The maximum atomic E-state index is 6.03. The Balaban J connectivity index is 0.959. The molecule has 13 aromatic rings. The maximum absolute atomic E-state index is 6.03. The van der Waals surface area contributed by atoms with E-state index in [-0.39, 0.29) is 21.7 Å². The van der Waals surface area contributed by atoms with Gasteiger partial charge in [-0.2, -0.15) is 0 Å². The first-order chi connectivity index (χ1) is 52.7. The molecule has 0 radical (unpaired) electrons. The molecule has 8 heteroatoms. The molecule has 10 heterocycles. The molecular weight excluding hydrogens is 1340 g/mol. The summed E-state index contributed by atoms with van der Waals surface area (Å²) in [5, 5.41) is 0. The number of aromatic nitrogens is 8. The average molecular weight is 1430 g/mol. The summed E-state index contributed by atoms with van der Waals surface area (Å²) in [6.07, 6.45) is 23.5. The first-order valence-electron chi connectivity index (χ1n) is 38.3. The minimum absolute atomic E-state index is 0.158. The van der Waals surface area contributed by atoms with Crippen LogP contribution in [0.4, 0.5) is 0 Å². The largest absolute Gasteiger partial charge is 0.354 e. The number of hydrogen-bond donors (Lipinski definition) is 4. The van der Waals surface area contributed by atoms with Crippen molar-refractivity contribution in [1.29, 1.82) is 0 Å². The van der Waals surface area contributed by atoms with Crippen LogP contribution in [-0.2, 0) is 21.7 Å². The Morgan fingerprint density at radius 2 is 0.436 bits per heavy atom. The molecule has 0 saturated heterocycles. The average Bonchev–Trinajstić information content (AvgIpc) is 1.64. The lowest BCUT2D eigenvalue weighted by molar-refractivity contribution is 0.568. The fourth-order valence-corrected chi connectivity index (χ4v) is 15.7. The molecule has 17 rings (SSSR count). The summed E-state index contributed by atoms with van der Waals surface area (Å²) in [5.74, 6) is 2.85. The van der Waals surface area contributed by atoms with Crippen LogP contribution in [0, 0.1) is 26.2 Å². The van der Waals surface area contributed by atoms with Crippen molar-refractivity contribution >= 4 is 92.7 Å². The molecule has 4 N–H and O–H groups in total. The topological polar surface area (TPSA) is 115 Å². The molecule has 0 aliphatic carbocycles. The predicted molar refractivity (Wildman–Crippen MR) is 467 cm³/mol. The van der Waals surface area contributed by atoms with Gasteiger partial charge in [-0.05, 0) is 212 Å². The van der Waals surface area contributed by atoms with Gasteiger partial charge in [-0.15, -0.1) is 6.42 Å². The van der Waals surface area contributed by atoms with Gasteiger partial charge in [0.1, 0.15) is 0 Å². The molecule has 110 heavy (non-hydrogen) atoms. The van der Waals surface area contributed by atoms with E-state index in [1.54, 1.807) is 0 Å². The van der Waals surface area contributed by atoms with Crippen LogP contribution in [0.25, 0.3) is 182 Å². The van der Waals surface area contributed by atoms with Crippen LogP contribution in [0.15, 0.2) is 212 Å². The standard InChI is InChI=1S/C102H90N8/c1-16-62-26-32-66(33-27-62)94-81-46-50-87(107-81)97(69-54-71(99(4,5)6)58-72(55-69)100(7,8)9)89-52-48-85(109-89)96(86-49-53-90(110-86)98(88-51-47-82(94)108-88)70-56-73(101(10,11)12)59-74(57-70)102(13,14)15)68-36-34-67(35-37-68)95-83-44-42-79(105-83)92(64-28-22-60(2)23-29-64)77-40-38-75(103-77)91(63-20-18-17-19-21-63)76-39-41-78(104-76)93(80-43-45-84(95)106-80)65-30-24-61(3)25-31-65/h1,17-59,103,106-107,110H,2-15H3. The fourth-order valence-electron chi connectivity index (χ4n) is 15.7. The van der Waals surface area contributed by atoms with Crippen LogP contribution < -0.4 is 0 Å². The number of terminal acetylenes is 1. The second-order valence-electron chi connectivity index (χ2n) is 34.0. The third-order valence-corrected chi connectivity index (χ3v) is 22.0. The monoisotopic (exact) mass is 1430 g/mol. The van der Waals surface area contributed by atoms with E-state index < -0.39 is 0 Å². The number of H-pyrrole nitrogens is 4. The highest BCUT2D eigenvalue weighted by Crippen LogP contribution is 2.46. The van der Waals surface area contributed by atoms with E-state index in [9.17, 15) is 0 Å². The van der Waals surface area contributed by atoms with Gasteiger partial charge in [0.15, 0.2) is 0 Å². The molecule has 4 aliphatic heterocycles. The molecule has 7 aromatic carbocycles. The summed E-state index contributed by atoms with van der Waals surface area (Å²) in [6.45, 7) is 31.9. The highest BCUT2D eigenvalue weighted by atomic mass is 14.8. The summed E-state index contributed by atoms with van der Waals surface area (Å²) in [5.41, 5.74) is 37.8. The van der Waals surface area contributed by atoms with Crippen molar-refractivity contribution < 1.29 is 0 Å². The molecule has 8 nitrogen and oxygen atoms in total. The van der Waals surface area contributed by atoms with Crippen molar-refractivity contribution in [3.05, 3.63) is 297 Å². The van der Waals surface area contributed by atoms with Crippen LogP contribution in [-0.4, -0.2) is 39.9 Å². The summed E-state index contributed by atoms with van der Waals surface area (Å²) in [7, 11) is 0. The molecule has 538 valence electrons. The lowest BCUT2D eigenvalue weighted by atomic mass is 9.78. The minimum atomic E-state index is -0.158. The van der Waals surface area contributed by atoms with Crippen molar-refractivity contribution in [3.63, 3.8) is 0 Å². The van der Waals surface area contributed by atoms with Crippen LogP contribution >= 0.6 is 0 Å². The Morgan fingerprint density at radius 3 is 0.655 bits per heavy atom. The van der Waals surface area contributed by atoms with Crippen LogP contribution in [0.5, 0.6) is 0 Å². The number of fused-ring (bicyclic) bond motifs is 16. The number of rotatable bonds is 8. The molecule has 0 saturated carbocycles. The van der Waals surface area contributed by atoms with E-state index in [0.717, 1.165) is 184 Å². The summed E-state index contributed by atoms with van der Waals surface area (Å²) >= 11 is 0. The quantitative estimate of drug-likeness (QED) is 0.113. The van der Waals surface area contributed by atoms with Crippen molar-refractivity contribution in [3.8, 4) is 101 Å². The number of aryl methyl sites for hydroxylation is 2. The lowest BCUT2D eigenvalue weighted by Gasteiger charge is -2.26. The summed E-state index contributed by atoms with van der Waals surface area (Å²) in [4.78, 5) is 39.1. The third kappa shape index (κ3) is 13.2. The van der Waals surface area contributed by atoms with Crippen LogP contribution in [0.3, 0.4) is 0 Å². The smallest absolute Gasteiger partial charge is 0.0737 e. The molecule has 0 fully saturated rings. The van der Waals surface area contributed by atoms with Crippen molar-refractivity contribution in [1.82, 2.24) is 39.9 Å². The molecule has 4 aliphatic rings. The Kier molecular flexibility index (Phi) is 17.2. The Labute approximate surface area is 645 Å². The minimum Gasteiger partial charge on any atom is -0.354 e. The number of hydrogen-bond acceptors (Lipinski definition) is 4. The number of nitrogens with zero attached hydrogens (tertiary/aromatic N) is 4. The van der Waals surface area contributed by atoms with Gasteiger partial charge in [0, 0.05) is 94.2 Å². The highest BCUT2D eigenvalue weighted by molar-refractivity contribution is 6.04. The van der Waals surface area contributed by atoms with Gasteiger partial charge in [0.05, 0.1) is 45.6 Å². The molecule has 6 aromatic heterocycles. The van der Waals surface area contributed by atoms with Gasteiger partial charge in [-0.1, -0.05) is 252 Å². The number of benzene rings is 7. The third-order valence-electron chi connectivity index (χ3n) is 22.0. The van der Waals surface area contributed by atoms with Crippen molar-refractivity contribution in [2.24, 2.45) is 0 Å². The van der Waals surface area contributed by atoms with E-state index in [2.05, 4.69) is 372 Å². The van der Waals surface area contributed by atoms with E-state index >= 15 is 0 Å². The lowest BCUT2D eigenvalue weighted by Crippen LogP contribution is -2.16.